The minimum atomic E-state index is -0.495. The number of nitrogens with one attached hydrogen (secondary N) is 1. The van der Waals surface area contributed by atoms with Crippen LogP contribution < -0.4 is 5.56 Å². The summed E-state index contributed by atoms with van der Waals surface area (Å²) in [5.41, 5.74) is 0.742. The second kappa shape index (κ2) is 5.81. The van der Waals surface area contributed by atoms with Crippen molar-refractivity contribution in [2.75, 3.05) is 0 Å². The van der Waals surface area contributed by atoms with Crippen LogP contribution in [0, 0.1) is 25.5 Å². The quantitative estimate of drug-likeness (QED) is 0.729. The zero-order chi connectivity index (χ0) is 15.9. The SMILES string of the molecule is Cc1sc2nc(CSc3cc(F)ccc3F)[nH]c(=O)c2c1C. The lowest BCUT2D eigenvalue weighted by molar-refractivity contribution is 0.577. The number of rotatable bonds is 3. The van der Waals surface area contributed by atoms with Gasteiger partial charge in [-0.2, -0.15) is 0 Å². The highest BCUT2D eigenvalue weighted by Gasteiger charge is 2.12. The Morgan fingerprint density at radius 2 is 2.09 bits per heavy atom. The maximum absolute atomic E-state index is 13.6. The molecule has 0 radical (unpaired) electrons. The molecule has 0 saturated carbocycles. The molecule has 0 fully saturated rings. The van der Waals surface area contributed by atoms with Gasteiger partial charge in [-0.05, 0) is 37.6 Å². The van der Waals surface area contributed by atoms with Gasteiger partial charge >= 0.3 is 0 Å². The molecule has 3 nitrogen and oxygen atoms in total. The molecule has 0 atom stereocenters. The van der Waals surface area contributed by atoms with Gasteiger partial charge in [0.15, 0.2) is 0 Å². The lowest BCUT2D eigenvalue weighted by Crippen LogP contribution is -2.10. The Bertz CT molecular complexity index is 918. The van der Waals surface area contributed by atoms with Crippen LogP contribution >= 0.6 is 23.1 Å². The first-order chi connectivity index (χ1) is 10.5. The molecule has 3 aromatic rings. The third-order valence-corrected chi connectivity index (χ3v) is 5.49. The third-order valence-electron chi connectivity index (χ3n) is 3.35. The Morgan fingerprint density at radius 1 is 1.32 bits per heavy atom. The first-order valence-electron chi connectivity index (χ1n) is 6.52. The van der Waals surface area contributed by atoms with Gasteiger partial charge in [-0.1, -0.05) is 0 Å². The van der Waals surface area contributed by atoms with Crippen molar-refractivity contribution < 1.29 is 8.78 Å². The molecule has 2 aromatic heterocycles. The van der Waals surface area contributed by atoms with E-state index in [0.717, 1.165) is 40.4 Å². The molecule has 22 heavy (non-hydrogen) atoms. The number of thiophene rings is 1. The molecule has 3 rings (SSSR count). The largest absolute Gasteiger partial charge is 0.309 e. The molecule has 0 aliphatic carbocycles. The van der Waals surface area contributed by atoms with Gasteiger partial charge in [0.1, 0.15) is 22.3 Å². The van der Waals surface area contributed by atoms with Crippen LogP contribution in [0.4, 0.5) is 8.78 Å². The van der Waals surface area contributed by atoms with Crippen LogP contribution in [0.3, 0.4) is 0 Å². The minimum Gasteiger partial charge on any atom is -0.309 e. The summed E-state index contributed by atoms with van der Waals surface area (Å²) < 4.78 is 26.7. The summed E-state index contributed by atoms with van der Waals surface area (Å²) >= 11 is 2.56. The van der Waals surface area contributed by atoms with Crippen LogP contribution in [0.2, 0.25) is 0 Å². The molecule has 114 valence electrons. The normalized spacial score (nSPS) is 11.3. The van der Waals surface area contributed by atoms with Crippen LogP contribution in [-0.4, -0.2) is 9.97 Å². The van der Waals surface area contributed by atoms with Gasteiger partial charge in [-0.3, -0.25) is 4.79 Å². The number of nitrogens with zero attached hydrogens (tertiary/aromatic N) is 1. The van der Waals surface area contributed by atoms with Gasteiger partial charge < -0.3 is 4.98 Å². The molecule has 0 bridgehead atoms. The summed E-state index contributed by atoms with van der Waals surface area (Å²) in [5, 5.41) is 0.605. The van der Waals surface area contributed by atoms with Gasteiger partial charge in [0, 0.05) is 9.77 Å². The number of H-pyrrole nitrogens is 1. The second-order valence-electron chi connectivity index (χ2n) is 4.84. The first kappa shape index (κ1) is 15.2. The highest BCUT2D eigenvalue weighted by atomic mass is 32.2. The third kappa shape index (κ3) is 2.78. The maximum Gasteiger partial charge on any atom is 0.259 e. The van der Waals surface area contributed by atoms with Crippen LogP contribution in [0.25, 0.3) is 10.2 Å². The number of benzene rings is 1. The Hall–Kier alpha value is -1.73. The number of halogens is 2. The molecule has 0 aliphatic heterocycles. The number of thioether (sulfide) groups is 1. The van der Waals surface area contributed by atoms with Crippen LogP contribution in [0.1, 0.15) is 16.3 Å². The summed E-state index contributed by atoms with van der Waals surface area (Å²) in [6.07, 6.45) is 0. The first-order valence-corrected chi connectivity index (χ1v) is 8.32. The van der Waals surface area contributed by atoms with E-state index in [2.05, 4.69) is 9.97 Å². The predicted octanol–water partition coefficient (Wildman–Crippen LogP) is 4.17. The van der Waals surface area contributed by atoms with Crippen molar-refractivity contribution in [2.24, 2.45) is 0 Å². The highest BCUT2D eigenvalue weighted by Crippen LogP contribution is 2.28. The Morgan fingerprint density at radius 3 is 2.86 bits per heavy atom. The van der Waals surface area contributed by atoms with Crippen molar-refractivity contribution in [3.8, 4) is 0 Å². The van der Waals surface area contributed by atoms with Crippen molar-refractivity contribution in [2.45, 2.75) is 24.5 Å². The van der Waals surface area contributed by atoms with Crippen molar-refractivity contribution in [3.05, 3.63) is 56.5 Å². The minimum absolute atomic E-state index is 0.192. The standard InChI is InChI=1S/C15H12F2N2OS2/c1-7-8(2)22-15-13(7)14(20)18-12(19-15)6-21-11-5-9(16)3-4-10(11)17/h3-5H,6H2,1-2H3,(H,18,19,20). The Labute approximate surface area is 133 Å². The monoisotopic (exact) mass is 338 g/mol. The number of hydrogen-bond donors (Lipinski definition) is 1. The molecule has 1 aromatic carbocycles. The van der Waals surface area contributed by atoms with Gasteiger partial charge in [0.05, 0.1) is 11.1 Å². The van der Waals surface area contributed by atoms with E-state index in [4.69, 9.17) is 0 Å². The fraction of sp³-hybridized carbons (Fsp3) is 0.200. The molecule has 0 amide bonds. The lowest BCUT2D eigenvalue weighted by atomic mass is 10.2. The molecular weight excluding hydrogens is 326 g/mol. The van der Waals surface area contributed by atoms with Crippen molar-refractivity contribution >= 4 is 33.3 Å². The highest BCUT2D eigenvalue weighted by molar-refractivity contribution is 7.98. The van der Waals surface area contributed by atoms with Crippen LogP contribution in [-0.2, 0) is 5.75 Å². The fourth-order valence-electron chi connectivity index (χ4n) is 2.10. The van der Waals surface area contributed by atoms with E-state index in [1.54, 1.807) is 0 Å². The molecule has 1 N–H and O–H groups in total. The lowest BCUT2D eigenvalue weighted by Gasteiger charge is -2.03. The average Bonchev–Trinajstić information content (AvgIpc) is 2.75. The Balaban J connectivity index is 1.91. The fourth-order valence-corrected chi connectivity index (χ4v) is 3.98. The van der Waals surface area contributed by atoms with Gasteiger partial charge in [-0.25, -0.2) is 13.8 Å². The number of aryl methyl sites for hydroxylation is 2. The van der Waals surface area contributed by atoms with Crippen LogP contribution in [0.5, 0.6) is 0 Å². The van der Waals surface area contributed by atoms with Gasteiger partial charge in [0.2, 0.25) is 0 Å². The summed E-state index contributed by atoms with van der Waals surface area (Å²) in [6.45, 7) is 3.83. The van der Waals surface area contributed by atoms with E-state index >= 15 is 0 Å². The molecular formula is C15H12F2N2OS2. The van der Waals surface area contributed by atoms with Crippen molar-refractivity contribution in [1.82, 2.24) is 9.97 Å². The molecule has 2 heterocycles. The molecule has 0 saturated heterocycles. The van der Waals surface area contributed by atoms with E-state index in [9.17, 15) is 13.6 Å². The average molecular weight is 338 g/mol. The molecule has 0 unspecified atom stereocenters. The van der Waals surface area contributed by atoms with Crippen molar-refractivity contribution in [1.29, 1.82) is 0 Å². The number of aromatic amines is 1. The molecule has 0 spiro atoms. The second-order valence-corrected chi connectivity index (χ2v) is 7.06. The molecule has 7 heteroatoms. The number of hydrogen-bond acceptors (Lipinski definition) is 4. The number of fused-ring (bicyclic) bond motifs is 1. The Kier molecular flexibility index (Phi) is 4.01. The zero-order valence-corrected chi connectivity index (χ0v) is 13.5. The smallest absolute Gasteiger partial charge is 0.259 e. The van der Waals surface area contributed by atoms with Gasteiger partial charge in [-0.15, -0.1) is 23.1 Å². The zero-order valence-electron chi connectivity index (χ0n) is 11.9. The topological polar surface area (TPSA) is 45.8 Å². The summed E-state index contributed by atoms with van der Waals surface area (Å²) in [7, 11) is 0. The predicted molar refractivity (Wildman–Crippen MR) is 85.6 cm³/mol. The van der Waals surface area contributed by atoms with E-state index in [1.807, 2.05) is 13.8 Å². The van der Waals surface area contributed by atoms with E-state index < -0.39 is 11.6 Å². The number of aromatic nitrogens is 2. The molecule has 0 aliphatic rings. The van der Waals surface area contributed by atoms with Gasteiger partial charge in [0.25, 0.3) is 5.56 Å². The van der Waals surface area contributed by atoms with Crippen LogP contribution in [0.15, 0.2) is 27.9 Å². The van der Waals surface area contributed by atoms with E-state index in [0.29, 0.717) is 16.0 Å². The summed E-state index contributed by atoms with van der Waals surface area (Å²) in [6, 6.07) is 3.29. The summed E-state index contributed by atoms with van der Waals surface area (Å²) in [4.78, 5) is 21.2. The van der Waals surface area contributed by atoms with E-state index in [-0.39, 0.29) is 16.2 Å². The summed E-state index contributed by atoms with van der Waals surface area (Å²) in [5.74, 6) is -0.267. The maximum atomic E-state index is 13.6. The van der Waals surface area contributed by atoms with E-state index in [1.165, 1.54) is 11.3 Å². The van der Waals surface area contributed by atoms with Crippen molar-refractivity contribution in [3.63, 3.8) is 0 Å².